The number of pyridine rings is 1. The first-order chi connectivity index (χ1) is 14.1. The first kappa shape index (κ1) is 20.1. The fourth-order valence-electron chi connectivity index (χ4n) is 2.72. The van der Waals surface area contributed by atoms with E-state index in [1.54, 1.807) is 43.5 Å². The summed E-state index contributed by atoms with van der Waals surface area (Å²) < 4.78 is 5.08. The molecule has 1 aromatic heterocycles. The van der Waals surface area contributed by atoms with Gasteiger partial charge in [-0.05, 0) is 43.7 Å². The van der Waals surface area contributed by atoms with Crippen LogP contribution in [0.3, 0.4) is 0 Å². The molecule has 0 unspecified atom stereocenters. The van der Waals surface area contributed by atoms with Gasteiger partial charge in [0.15, 0.2) is 0 Å². The number of hydrogen-bond donors (Lipinski definition) is 2. The molecule has 0 radical (unpaired) electrons. The van der Waals surface area contributed by atoms with Gasteiger partial charge in [0.2, 0.25) is 0 Å². The lowest BCUT2D eigenvalue weighted by atomic mass is 10.1. The molecular weight excluding hydrogens is 366 g/mol. The van der Waals surface area contributed by atoms with Crippen LogP contribution in [0.15, 0.2) is 66.9 Å². The van der Waals surface area contributed by atoms with Crippen molar-refractivity contribution in [2.45, 2.75) is 20.4 Å². The highest BCUT2D eigenvalue weighted by molar-refractivity contribution is 5.96. The van der Waals surface area contributed by atoms with Gasteiger partial charge >= 0.3 is 5.97 Å². The Bertz CT molecular complexity index is 983. The Morgan fingerprint density at radius 2 is 1.76 bits per heavy atom. The molecule has 148 valence electrons. The standard InChI is InChI=1S/C23H23N3O3/c1-3-29-23(28)19-6-4-5-7-20(19)26-18-12-13-21(24-15-18)22(27)25-14-17-10-8-16(2)9-11-17/h4-13,15,26H,3,14H2,1-2H3,(H,25,27). The third-order valence-corrected chi connectivity index (χ3v) is 4.27. The van der Waals surface area contributed by atoms with Gasteiger partial charge in [-0.15, -0.1) is 0 Å². The van der Waals surface area contributed by atoms with Crippen LogP contribution < -0.4 is 10.6 Å². The lowest BCUT2D eigenvalue weighted by molar-refractivity contribution is 0.0527. The van der Waals surface area contributed by atoms with Gasteiger partial charge in [-0.3, -0.25) is 4.79 Å². The third kappa shape index (κ3) is 5.42. The molecular formula is C23H23N3O3. The Balaban J connectivity index is 1.64. The number of anilines is 2. The molecule has 0 aliphatic rings. The summed E-state index contributed by atoms with van der Waals surface area (Å²) in [7, 11) is 0. The second kappa shape index (κ2) is 9.50. The van der Waals surface area contributed by atoms with Gasteiger partial charge in [0.25, 0.3) is 5.91 Å². The highest BCUT2D eigenvalue weighted by atomic mass is 16.5. The molecule has 29 heavy (non-hydrogen) atoms. The molecule has 2 aromatic carbocycles. The Labute approximate surface area is 169 Å². The minimum Gasteiger partial charge on any atom is -0.462 e. The summed E-state index contributed by atoms with van der Waals surface area (Å²) in [6.45, 7) is 4.53. The van der Waals surface area contributed by atoms with E-state index in [2.05, 4.69) is 15.6 Å². The summed E-state index contributed by atoms with van der Waals surface area (Å²) in [5, 5.41) is 6.00. The minimum atomic E-state index is -0.393. The van der Waals surface area contributed by atoms with Crippen molar-refractivity contribution in [1.29, 1.82) is 0 Å². The molecule has 3 rings (SSSR count). The predicted octanol–water partition coefficient (Wildman–Crippen LogP) is 4.24. The van der Waals surface area contributed by atoms with Gasteiger partial charge in [-0.1, -0.05) is 42.0 Å². The lowest BCUT2D eigenvalue weighted by Crippen LogP contribution is -2.23. The maximum Gasteiger partial charge on any atom is 0.340 e. The number of carbonyl (C=O) groups excluding carboxylic acids is 2. The first-order valence-electron chi connectivity index (χ1n) is 9.40. The van der Waals surface area contributed by atoms with E-state index in [0.717, 1.165) is 5.56 Å². The van der Waals surface area contributed by atoms with Crippen LogP contribution in [0.4, 0.5) is 11.4 Å². The van der Waals surface area contributed by atoms with Crippen molar-refractivity contribution >= 4 is 23.3 Å². The molecule has 0 aliphatic heterocycles. The van der Waals surface area contributed by atoms with E-state index in [1.165, 1.54) is 5.56 Å². The topological polar surface area (TPSA) is 80.3 Å². The van der Waals surface area contributed by atoms with Crippen LogP contribution in [0.2, 0.25) is 0 Å². The molecule has 3 aromatic rings. The Kier molecular flexibility index (Phi) is 6.58. The van der Waals surface area contributed by atoms with E-state index in [-0.39, 0.29) is 5.91 Å². The average Bonchev–Trinajstić information content (AvgIpc) is 2.74. The van der Waals surface area contributed by atoms with Crippen LogP contribution in [-0.4, -0.2) is 23.5 Å². The number of amides is 1. The molecule has 0 spiro atoms. The average molecular weight is 389 g/mol. The molecule has 0 bridgehead atoms. The summed E-state index contributed by atoms with van der Waals surface area (Å²) in [4.78, 5) is 28.6. The van der Waals surface area contributed by atoms with Crippen LogP contribution in [0.5, 0.6) is 0 Å². The van der Waals surface area contributed by atoms with Crippen molar-refractivity contribution in [1.82, 2.24) is 10.3 Å². The normalized spacial score (nSPS) is 10.3. The molecule has 0 atom stereocenters. The maximum absolute atomic E-state index is 12.3. The van der Waals surface area contributed by atoms with Gasteiger partial charge in [-0.2, -0.15) is 0 Å². The van der Waals surface area contributed by atoms with Crippen molar-refractivity contribution in [2.75, 3.05) is 11.9 Å². The summed E-state index contributed by atoms with van der Waals surface area (Å²) in [6, 6.07) is 18.4. The second-order valence-electron chi connectivity index (χ2n) is 6.49. The zero-order valence-corrected chi connectivity index (χ0v) is 16.4. The molecule has 6 nitrogen and oxygen atoms in total. The number of ether oxygens (including phenoxy) is 1. The molecule has 0 aliphatic carbocycles. The zero-order chi connectivity index (χ0) is 20.6. The molecule has 1 amide bonds. The number of nitrogens with one attached hydrogen (secondary N) is 2. The summed E-state index contributed by atoms with van der Waals surface area (Å²) >= 11 is 0. The number of para-hydroxylation sites is 1. The molecule has 1 heterocycles. The van der Waals surface area contributed by atoms with Gasteiger partial charge in [0.05, 0.1) is 29.7 Å². The SMILES string of the molecule is CCOC(=O)c1ccccc1Nc1ccc(C(=O)NCc2ccc(C)cc2)nc1. The molecule has 0 fully saturated rings. The maximum atomic E-state index is 12.3. The number of nitrogens with zero attached hydrogens (tertiary/aromatic N) is 1. The number of hydrogen-bond acceptors (Lipinski definition) is 5. The second-order valence-corrected chi connectivity index (χ2v) is 6.49. The number of aryl methyl sites for hydroxylation is 1. The van der Waals surface area contributed by atoms with Crippen molar-refractivity contribution in [3.63, 3.8) is 0 Å². The molecule has 0 saturated carbocycles. The first-order valence-corrected chi connectivity index (χ1v) is 9.40. The Morgan fingerprint density at radius 3 is 2.45 bits per heavy atom. The number of esters is 1. The van der Waals surface area contributed by atoms with Crippen molar-refractivity contribution in [2.24, 2.45) is 0 Å². The number of aromatic nitrogens is 1. The van der Waals surface area contributed by atoms with E-state index in [9.17, 15) is 9.59 Å². The smallest absolute Gasteiger partial charge is 0.340 e. The van der Waals surface area contributed by atoms with Crippen LogP contribution >= 0.6 is 0 Å². The summed E-state index contributed by atoms with van der Waals surface area (Å²) in [5.41, 5.74) is 4.24. The fraction of sp³-hybridized carbons (Fsp3) is 0.174. The minimum absolute atomic E-state index is 0.246. The number of benzene rings is 2. The molecule has 6 heteroatoms. The lowest BCUT2D eigenvalue weighted by Gasteiger charge is -2.11. The molecule has 2 N–H and O–H groups in total. The largest absolute Gasteiger partial charge is 0.462 e. The third-order valence-electron chi connectivity index (χ3n) is 4.27. The van der Waals surface area contributed by atoms with E-state index < -0.39 is 5.97 Å². The van der Waals surface area contributed by atoms with Crippen LogP contribution in [0, 0.1) is 6.92 Å². The predicted molar refractivity (Wildman–Crippen MR) is 112 cm³/mol. The van der Waals surface area contributed by atoms with E-state index >= 15 is 0 Å². The van der Waals surface area contributed by atoms with Crippen molar-refractivity contribution in [3.8, 4) is 0 Å². The fourth-order valence-corrected chi connectivity index (χ4v) is 2.72. The molecule has 0 saturated heterocycles. The number of rotatable bonds is 7. The Hall–Kier alpha value is -3.67. The van der Waals surface area contributed by atoms with E-state index in [4.69, 9.17) is 4.74 Å². The Morgan fingerprint density at radius 1 is 1.00 bits per heavy atom. The van der Waals surface area contributed by atoms with Crippen LogP contribution in [-0.2, 0) is 11.3 Å². The van der Waals surface area contributed by atoms with Crippen molar-refractivity contribution in [3.05, 3.63) is 89.2 Å². The van der Waals surface area contributed by atoms with Crippen LogP contribution in [0.1, 0.15) is 38.9 Å². The van der Waals surface area contributed by atoms with Gasteiger partial charge in [-0.25, -0.2) is 9.78 Å². The quantitative estimate of drug-likeness (QED) is 0.591. The summed E-state index contributed by atoms with van der Waals surface area (Å²) in [5.74, 6) is -0.639. The zero-order valence-electron chi connectivity index (χ0n) is 16.4. The van der Waals surface area contributed by atoms with Crippen molar-refractivity contribution < 1.29 is 14.3 Å². The van der Waals surface area contributed by atoms with Crippen LogP contribution in [0.25, 0.3) is 0 Å². The monoisotopic (exact) mass is 389 g/mol. The highest BCUT2D eigenvalue weighted by Crippen LogP contribution is 2.21. The number of carbonyl (C=O) groups is 2. The van der Waals surface area contributed by atoms with E-state index in [1.807, 2.05) is 37.3 Å². The van der Waals surface area contributed by atoms with Gasteiger partial charge < -0.3 is 15.4 Å². The van der Waals surface area contributed by atoms with Gasteiger partial charge in [0.1, 0.15) is 5.69 Å². The van der Waals surface area contributed by atoms with E-state index in [0.29, 0.717) is 35.8 Å². The highest BCUT2D eigenvalue weighted by Gasteiger charge is 2.12. The van der Waals surface area contributed by atoms with Gasteiger partial charge in [0, 0.05) is 6.54 Å². The summed E-state index contributed by atoms with van der Waals surface area (Å²) in [6.07, 6.45) is 1.56.